The molecule has 28 heavy (non-hydrogen) atoms. The Morgan fingerprint density at radius 2 is 1.54 bits per heavy atom. The van der Waals surface area contributed by atoms with Crippen molar-refractivity contribution >= 4 is 11.7 Å². The number of Topliss-reactive ketones (excluding diaryl/α,β-unsaturated/α-hetero) is 1. The van der Waals surface area contributed by atoms with Crippen LogP contribution in [0.2, 0.25) is 0 Å². The molecule has 5 rings (SSSR count). The van der Waals surface area contributed by atoms with E-state index in [1.165, 1.54) is 19.1 Å². The fourth-order valence-corrected chi connectivity index (χ4v) is 4.88. The van der Waals surface area contributed by atoms with Crippen molar-refractivity contribution < 1.29 is 29.6 Å². The molecule has 1 aliphatic carbocycles. The Bertz CT molecular complexity index is 1080. The molecule has 0 unspecified atom stereocenters. The lowest BCUT2D eigenvalue weighted by molar-refractivity contribution is -0.317. The zero-order valence-electron chi connectivity index (χ0n) is 14.9. The van der Waals surface area contributed by atoms with E-state index >= 15 is 0 Å². The van der Waals surface area contributed by atoms with Gasteiger partial charge >= 0.3 is 0 Å². The Morgan fingerprint density at radius 1 is 0.929 bits per heavy atom. The van der Waals surface area contributed by atoms with Crippen LogP contribution in [0.4, 0.5) is 0 Å². The summed E-state index contributed by atoms with van der Waals surface area (Å²) in [7, 11) is 0. The number of ether oxygens (including phenoxy) is 1. The lowest BCUT2D eigenvalue weighted by atomic mass is 9.79. The van der Waals surface area contributed by atoms with Crippen LogP contribution >= 0.6 is 0 Å². The minimum atomic E-state index is -2.73. The van der Waals surface area contributed by atoms with Crippen LogP contribution in [0.3, 0.4) is 0 Å². The molecule has 3 N–H and O–H groups in total. The zero-order chi connectivity index (χ0) is 19.9. The summed E-state index contributed by atoms with van der Waals surface area (Å²) in [6, 6.07) is 15.0. The van der Waals surface area contributed by atoms with Gasteiger partial charge in [-0.2, -0.15) is 0 Å². The van der Waals surface area contributed by atoms with Crippen molar-refractivity contribution in [3.05, 3.63) is 82.6 Å². The second-order valence-corrected chi connectivity index (χ2v) is 7.31. The third-order valence-electron chi connectivity index (χ3n) is 5.93. The highest BCUT2D eigenvalue weighted by atomic mass is 16.6. The van der Waals surface area contributed by atoms with E-state index in [1.807, 2.05) is 0 Å². The van der Waals surface area contributed by atoms with Crippen LogP contribution < -0.4 is 0 Å². The van der Waals surface area contributed by atoms with Gasteiger partial charge in [0, 0.05) is 17.7 Å². The van der Waals surface area contributed by atoms with Crippen LogP contribution in [-0.4, -0.2) is 37.4 Å². The summed E-state index contributed by atoms with van der Waals surface area (Å²) >= 11 is 0. The molecular formula is C21H17NO6. The number of fused-ring (bicyclic) bond motifs is 2. The van der Waals surface area contributed by atoms with Gasteiger partial charge in [0.15, 0.2) is 0 Å². The molecule has 0 bridgehead atoms. The molecule has 2 aromatic rings. The average molecular weight is 379 g/mol. The summed E-state index contributed by atoms with van der Waals surface area (Å²) in [5, 5.41) is 34.2. The Labute approximate surface area is 160 Å². The van der Waals surface area contributed by atoms with Gasteiger partial charge in [0.05, 0.1) is 5.57 Å². The van der Waals surface area contributed by atoms with Crippen molar-refractivity contribution in [2.24, 2.45) is 0 Å². The Kier molecular flexibility index (Phi) is 3.11. The normalized spacial score (nSPS) is 29.6. The van der Waals surface area contributed by atoms with E-state index in [4.69, 9.17) is 4.74 Å². The van der Waals surface area contributed by atoms with Crippen molar-refractivity contribution in [3.63, 3.8) is 0 Å². The van der Waals surface area contributed by atoms with Gasteiger partial charge in [-0.05, 0) is 12.5 Å². The monoisotopic (exact) mass is 379 g/mol. The second-order valence-electron chi connectivity index (χ2n) is 7.31. The largest absolute Gasteiger partial charge is 0.459 e. The molecule has 2 atom stereocenters. The number of ketones is 1. The van der Waals surface area contributed by atoms with Crippen molar-refractivity contribution in [1.29, 1.82) is 0 Å². The number of aliphatic hydroxyl groups is 3. The van der Waals surface area contributed by atoms with Crippen molar-refractivity contribution in [2.45, 2.75) is 30.6 Å². The SMILES string of the molecule is CC1=C2C(=O)C(=O)N(Cc3ccccc3)[C@@]23C(O)(O)c2ccccc2[C@@]3(O)O1. The van der Waals surface area contributed by atoms with Crippen molar-refractivity contribution in [1.82, 2.24) is 4.90 Å². The zero-order valence-corrected chi connectivity index (χ0v) is 14.9. The van der Waals surface area contributed by atoms with E-state index < -0.39 is 28.8 Å². The molecule has 0 aromatic heterocycles. The fourth-order valence-electron chi connectivity index (χ4n) is 4.88. The highest BCUT2D eigenvalue weighted by Crippen LogP contribution is 2.66. The fraction of sp³-hybridized carbons (Fsp3) is 0.238. The number of hydrogen-bond donors (Lipinski definition) is 3. The molecule has 7 heteroatoms. The number of allylic oxidation sites excluding steroid dienone is 1. The van der Waals surface area contributed by atoms with Crippen molar-refractivity contribution in [2.75, 3.05) is 0 Å². The van der Waals surface area contributed by atoms with Gasteiger partial charge in [0.25, 0.3) is 17.5 Å². The number of carbonyl (C=O) groups is 2. The number of hydrogen-bond acceptors (Lipinski definition) is 6. The second kappa shape index (κ2) is 5.08. The Hall–Kier alpha value is -3.00. The number of benzene rings is 2. The number of amides is 1. The first-order valence-electron chi connectivity index (χ1n) is 8.84. The maximum atomic E-state index is 12.9. The summed E-state index contributed by atoms with van der Waals surface area (Å²) < 4.78 is 5.68. The topological polar surface area (TPSA) is 107 Å². The van der Waals surface area contributed by atoms with Crippen LogP contribution in [-0.2, 0) is 32.4 Å². The first kappa shape index (κ1) is 17.1. The van der Waals surface area contributed by atoms with E-state index in [0.29, 0.717) is 5.56 Å². The van der Waals surface area contributed by atoms with Gasteiger partial charge in [-0.25, -0.2) is 0 Å². The molecule has 7 nitrogen and oxygen atoms in total. The lowest BCUT2D eigenvalue weighted by Gasteiger charge is -2.45. The van der Waals surface area contributed by atoms with E-state index in [0.717, 1.165) is 4.90 Å². The van der Waals surface area contributed by atoms with Gasteiger partial charge < -0.3 is 25.0 Å². The van der Waals surface area contributed by atoms with Crippen molar-refractivity contribution in [3.8, 4) is 0 Å². The van der Waals surface area contributed by atoms with Crippen LogP contribution in [0.5, 0.6) is 0 Å². The standard InChI is InChI=1S/C21H17NO6/c1-12-16-17(23)18(24)22(11-13-7-3-2-4-8-13)19(16)20(25,26)14-9-5-6-10-15(14)21(19,27)28-12/h2-10,25-27H,11H2,1H3/t19-,21-/m1/s1. The summed E-state index contributed by atoms with van der Waals surface area (Å²) in [4.78, 5) is 26.8. The minimum Gasteiger partial charge on any atom is -0.459 e. The third kappa shape index (κ3) is 1.62. The molecule has 0 saturated carbocycles. The number of rotatable bonds is 2. The van der Waals surface area contributed by atoms with E-state index in [-0.39, 0.29) is 29.0 Å². The maximum Gasteiger partial charge on any atom is 0.296 e. The molecular weight excluding hydrogens is 362 g/mol. The maximum absolute atomic E-state index is 12.9. The quantitative estimate of drug-likeness (QED) is 0.522. The predicted molar refractivity (Wildman–Crippen MR) is 95.0 cm³/mol. The summed E-state index contributed by atoms with van der Waals surface area (Å²) in [5.41, 5.74) is -1.66. The number of likely N-dealkylation sites (tertiary alicyclic amines) is 1. The molecule has 2 aliphatic heterocycles. The van der Waals surface area contributed by atoms with Gasteiger partial charge in [-0.3, -0.25) is 9.59 Å². The molecule has 1 spiro atoms. The molecule has 1 fully saturated rings. The summed E-state index contributed by atoms with van der Waals surface area (Å²) in [5.74, 6) is -6.87. The number of carbonyl (C=O) groups excluding carboxylic acids is 2. The third-order valence-corrected chi connectivity index (χ3v) is 5.93. The van der Waals surface area contributed by atoms with Gasteiger partial charge in [-0.15, -0.1) is 0 Å². The summed E-state index contributed by atoms with van der Waals surface area (Å²) in [6.45, 7) is 1.33. The van der Waals surface area contributed by atoms with Gasteiger partial charge in [0.1, 0.15) is 5.76 Å². The highest BCUT2D eigenvalue weighted by molar-refractivity contribution is 6.46. The van der Waals surface area contributed by atoms with Gasteiger partial charge in [-0.1, -0.05) is 54.6 Å². The van der Waals surface area contributed by atoms with Crippen LogP contribution in [0.1, 0.15) is 23.6 Å². The van der Waals surface area contributed by atoms with Gasteiger partial charge in [0.2, 0.25) is 11.3 Å². The molecule has 1 amide bonds. The first-order chi connectivity index (χ1) is 13.3. The molecule has 2 aromatic carbocycles. The Morgan fingerprint density at radius 3 is 2.21 bits per heavy atom. The molecule has 142 valence electrons. The van der Waals surface area contributed by atoms with E-state index in [2.05, 4.69) is 0 Å². The summed E-state index contributed by atoms with van der Waals surface area (Å²) in [6.07, 6.45) is 0. The molecule has 3 aliphatic rings. The molecule has 0 radical (unpaired) electrons. The molecule has 2 heterocycles. The van der Waals surface area contributed by atoms with Crippen LogP contribution in [0.15, 0.2) is 65.9 Å². The average Bonchev–Trinajstić information content (AvgIpc) is 3.12. The van der Waals surface area contributed by atoms with Crippen LogP contribution in [0, 0.1) is 0 Å². The first-order valence-corrected chi connectivity index (χ1v) is 8.84. The van der Waals surface area contributed by atoms with E-state index in [9.17, 15) is 24.9 Å². The predicted octanol–water partition coefficient (Wildman–Crippen LogP) is 0.637. The smallest absolute Gasteiger partial charge is 0.296 e. The minimum absolute atomic E-state index is 0.00149. The number of nitrogens with zero attached hydrogens (tertiary/aromatic N) is 1. The highest BCUT2D eigenvalue weighted by Gasteiger charge is 2.84. The van der Waals surface area contributed by atoms with Crippen LogP contribution in [0.25, 0.3) is 0 Å². The van der Waals surface area contributed by atoms with E-state index in [1.54, 1.807) is 42.5 Å². The Balaban J connectivity index is 1.82. The lowest BCUT2D eigenvalue weighted by Crippen LogP contribution is -2.66. The molecule has 1 saturated heterocycles.